The monoisotopic (exact) mass is 256 g/mol. The normalized spacial score (nSPS) is 21.2. The number of carbonyl (C=O) groups excluding carboxylic acids is 1. The van der Waals surface area contributed by atoms with Crippen molar-refractivity contribution < 1.29 is 9.53 Å². The van der Waals surface area contributed by atoms with Crippen molar-refractivity contribution in [3.05, 3.63) is 0 Å². The summed E-state index contributed by atoms with van der Waals surface area (Å²) in [6.45, 7) is 8.35. The zero-order chi connectivity index (χ0) is 13.8. The van der Waals surface area contributed by atoms with Gasteiger partial charge in [-0.05, 0) is 46.1 Å². The molecule has 1 fully saturated rings. The lowest BCUT2D eigenvalue weighted by Gasteiger charge is -2.42. The van der Waals surface area contributed by atoms with E-state index in [0.717, 1.165) is 25.7 Å². The van der Waals surface area contributed by atoms with Crippen LogP contribution in [0.25, 0.3) is 0 Å². The fraction of sp³-hybridized carbons (Fsp3) is 0.929. The van der Waals surface area contributed by atoms with E-state index in [4.69, 9.17) is 10.5 Å². The molecule has 1 atom stereocenters. The molecule has 0 aromatic carbocycles. The summed E-state index contributed by atoms with van der Waals surface area (Å²) in [5.41, 5.74) is 5.18. The van der Waals surface area contributed by atoms with Gasteiger partial charge in [0.25, 0.3) is 0 Å². The zero-order valence-corrected chi connectivity index (χ0v) is 12.2. The first-order valence-corrected chi connectivity index (χ1v) is 7.00. The van der Waals surface area contributed by atoms with Gasteiger partial charge in [-0.25, -0.2) is 4.79 Å². The van der Waals surface area contributed by atoms with E-state index in [1.165, 1.54) is 6.42 Å². The third-order valence-corrected chi connectivity index (χ3v) is 3.79. The Labute approximate surface area is 111 Å². The van der Waals surface area contributed by atoms with Crippen LogP contribution in [-0.2, 0) is 4.74 Å². The van der Waals surface area contributed by atoms with Crippen molar-refractivity contribution in [2.75, 3.05) is 6.54 Å². The number of ether oxygens (including phenoxy) is 1. The summed E-state index contributed by atoms with van der Waals surface area (Å²) >= 11 is 0. The molecular formula is C14H28N2O2. The average molecular weight is 256 g/mol. The first kappa shape index (κ1) is 15.3. The standard InChI is InChI=1S/C14H28N2O2/c1-11(10-15)14(8-6-5-7-9-14)16-12(17)18-13(2,3)4/h11H,5-10,15H2,1-4H3,(H,16,17). The number of rotatable bonds is 3. The summed E-state index contributed by atoms with van der Waals surface area (Å²) in [5.74, 6) is 0.283. The fourth-order valence-electron chi connectivity index (χ4n) is 2.66. The SMILES string of the molecule is CC(CN)C1(NC(=O)OC(C)(C)C)CCCCC1. The second-order valence-electron chi connectivity index (χ2n) is 6.48. The van der Waals surface area contributed by atoms with Crippen molar-refractivity contribution in [1.29, 1.82) is 0 Å². The predicted molar refractivity (Wildman–Crippen MR) is 73.4 cm³/mol. The van der Waals surface area contributed by atoms with Gasteiger partial charge >= 0.3 is 6.09 Å². The quantitative estimate of drug-likeness (QED) is 0.816. The van der Waals surface area contributed by atoms with Crippen molar-refractivity contribution in [2.45, 2.75) is 70.9 Å². The van der Waals surface area contributed by atoms with Gasteiger partial charge < -0.3 is 15.8 Å². The molecule has 1 rings (SSSR count). The van der Waals surface area contributed by atoms with Crippen LogP contribution in [0.15, 0.2) is 0 Å². The third kappa shape index (κ3) is 4.16. The molecule has 0 heterocycles. The fourth-order valence-corrected chi connectivity index (χ4v) is 2.66. The molecule has 0 radical (unpaired) electrons. The van der Waals surface area contributed by atoms with Crippen molar-refractivity contribution in [2.24, 2.45) is 11.7 Å². The van der Waals surface area contributed by atoms with Gasteiger partial charge in [-0.1, -0.05) is 26.2 Å². The first-order valence-electron chi connectivity index (χ1n) is 7.00. The Bertz CT molecular complexity index is 278. The van der Waals surface area contributed by atoms with Crippen LogP contribution in [0, 0.1) is 5.92 Å². The van der Waals surface area contributed by atoms with E-state index in [-0.39, 0.29) is 17.6 Å². The molecule has 0 saturated heterocycles. The maximum atomic E-state index is 12.0. The van der Waals surface area contributed by atoms with Gasteiger partial charge in [0.15, 0.2) is 0 Å². The van der Waals surface area contributed by atoms with Crippen LogP contribution in [-0.4, -0.2) is 23.8 Å². The van der Waals surface area contributed by atoms with Crippen LogP contribution in [0.5, 0.6) is 0 Å². The largest absolute Gasteiger partial charge is 0.444 e. The third-order valence-electron chi connectivity index (χ3n) is 3.79. The Morgan fingerprint density at radius 1 is 1.33 bits per heavy atom. The topological polar surface area (TPSA) is 64.3 Å². The maximum Gasteiger partial charge on any atom is 0.408 e. The van der Waals surface area contributed by atoms with E-state index in [0.29, 0.717) is 6.54 Å². The molecule has 0 spiro atoms. The zero-order valence-electron chi connectivity index (χ0n) is 12.2. The minimum Gasteiger partial charge on any atom is -0.444 e. The number of amides is 1. The van der Waals surface area contributed by atoms with Crippen molar-refractivity contribution in [1.82, 2.24) is 5.32 Å². The van der Waals surface area contributed by atoms with Crippen molar-refractivity contribution in [3.63, 3.8) is 0 Å². The van der Waals surface area contributed by atoms with E-state index in [1.54, 1.807) is 0 Å². The van der Waals surface area contributed by atoms with E-state index >= 15 is 0 Å². The van der Waals surface area contributed by atoms with Crippen LogP contribution in [0.4, 0.5) is 4.79 Å². The van der Waals surface area contributed by atoms with Gasteiger partial charge in [-0.15, -0.1) is 0 Å². The molecule has 1 saturated carbocycles. The van der Waals surface area contributed by atoms with Gasteiger partial charge in [0, 0.05) is 5.54 Å². The molecule has 3 N–H and O–H groups in total. The van der Waals surface area contributed by atoms with Gasteiger partial charge in [0.2, 0.25) is 0 Å². The number of nitrogens with two attached hydrogens (primary N) is 1. The van der Waals surface area contributed by atoms with E-state index in [2.05, 4.69) is 12.2 Å². The molecule has 1 aliphatic carbocycles. The molecule has 1 aliphatic rings. The lowest BCUT2D eigenvalue weighted by Crippen LogP contribution is -2.56. The number of alkyl carbamates (subject to hydrolysis) is 1. The van der Waals surface area contributed by atoms with Crippen LogP contribution in [0.2, 0.25) is 0 Å². The highest BCUT2D eigenvalue weighted by atomic mass is 16.6. The average Bonchev–Trinajstić information content (AvgIpc) is 2.26. The minimum absolute atomic E-state index is 0.171. The Morgan fingerprint density at radius 3 is 2.33 bits per heavy atom. The summed E-state index contributed by atoms with van der Waals surface area (Å²) in [5, 5.41) is 3.10. The lowest BCUT2D eigenvalue weighted by molar-refractivity contribution is 0.0366. The molecule has 4 heteroatoms. The summed E-state index contributed by atoms with van der Waals surface area (Å²) in [6, 6.07) is 0. The van der Waals surface area contributed by atoms with Crippen molar-refractivity contribution in [3.8, 4) is 0 Å². The Hall–Kier alpha value is -0.770. The molecule has 0 aromatic rings. The predicted octanol–water partition coefficient (Wildman–Crippen LogP) is 2.81. The lowest BCUT2D eigenvalue weighted by atomic mass is 9.73. The highest BCUT2D eigenvalue weighted by Gasteiger charge is 2.39. The summed E-state index contributed by atoms with van der Waals surface area (Å²) in [6.07, 6.45) is 5.24. The maximum absolute atomic E-state index is 12.0. The molecule has 1 amide bonds. The molecule has 106 valence electrons. The second kappa shape index (κ2) is 5.91. The van der Waals surface area contributed by atoms with Crippen LogP contribution >= 0.6 is 0 Å². The van der Waals surface area contributed by atoms with E-state index < -0.39 is 5.60 Å². The van der Waals surface area contributed by atoms with Crippen LogP contribution < -0.4 is 11.1 Å². The highest BCUT2D eigenvalue weighted by Crippen LogP contribution is 2.34. The minimum atomic E-state index is -0.452. The van der Waals surface area contributed by atoms with Gasteiger partial charge in [0.1, 0.15) is 5.60 Å². The number of hydrogen-bond acceptors (Lipinski definition) is 3. The van der Waals surface area contributed by atoms with Crippen LogP contribution in [0.3, 0.4) is 0 Å². The van der Waals surface area contributed by atoms with Crippen LogP contribution in [0.1, 0.15) is 59.8 Å². The number of nitrogens with one attached hydrogen (secondary N) is 1. The molecule has 0 bridgehead atoms. The smallest absolute Gasteiger partial charge is 0.408 e. The summed E-state index contributed by atoms with van der Waals surface area (Å²) in [4.78, 5) is 12.0. The Morgan fingerprint density at radius 2 is 1.89 bits per heavy atom. The summed E-state index contributed by atoms with van der Waals surface area (Å²) in [7, 11) is 0. The molecular weight excluding hydrogens is 228 g/mol. The van der Waals surface area contributed by atoms with Gasteiger partial charge in [0.05, 0.1) is 0 Å². The molecule has 1 unspecified atom stereocenters. The molecule has 18 heavy (non-hydrogen) atoms. The molecule has 0 aliphatic heterocycles. The number of hydrogen-bond donors (Lipinski definition) is 2. The van der Waals surface area contributed by atoms with E-state index in [9.17, 15) is 4.79 Å². The number of carbonyl (C=O) groups is 1. The van der Waals surface area contributed by atoms with Gasteiger partial charge in [-0.2, -0.15) is 0 Å². The second-order valence-corrected chi connectivity index (χ2v) is 6.48. The Balaban J connectivity index is 2.70. The molecule has 4 nitrogen and oxygen atoms in total. The summed E-state index contributed by atoms with van der Waals surface area (Å²) < 4.78 is 5.37. The molecule has 0 aromatic heterocycles. The first-order chi connectivity index (χ1) is 8.29. The van der Waals surface area contributed by atoms with Gasteiger partial charge in [-0.3, -0.25) is 0 Å². The van der Waals surface area contributed by atoms with E-state index in [1.807, 2.05) is 20.8 Å². The highest BCUT2D eigenvalue weighted by molar-refractivity contribution is 5.68. The Kier molecular flexibility index (Phi) is 5.02. The van der Waals surface area contributed by atoms with Crippen molar-refractivity contribution >= 4 is 6.09 Å².